The minimum Gasteiger partial charge on any atom is -0.474 e. The highest BCUT2D eigenvalue weighted by Gasteiger charge is 2.35. The molecule has 2 aliphatic rings. The van der Waals surface area contributed by atoms with Crippen molar-refractivity contribution in [1.29, 1.82) is 0 Å². The third kappa shape index (κ3) is 10.8. The Balaban J connectivity index is 0.000000335. The van der Waals surface area contributed by atoms with Crippen molar-refractivity contribution in [2.45, 2.75) is 111 Å². The van der Waals surface area contributed by atoms with Crippen molar-refractivity contribution in [2.24, 2.45) is 28.5 Å². The van der Waals surface area contributed by atoms with Gasteiger partial charge in [0.15, 0.2) is 0 Å². The Hall–Kier alpha value is -2.53. The van der Waals surface area contributed by atoms with Crippen LogP contribution >= 0.6 is 15.9 Å². The number of halogens is 4. The Morgan fingerprint density at radius 2 is 1.91 bits per heavy atom. The molecule has 0 bridgehead atoms. The van der Waals surface area contributed by atoms with Gasteiger partial charge in [0.25, 0.3) is 5.91 Å². The van der Waals surface area contributed by atoms with Gasteiger partial charge in [-0.25, -0.2) is 9.97 Å². The van der Waals surface area contributed by atoms with E-state index in [0.29, 0.717) is 43.8 Å². The minimum atomic E-state index is -4.58. The second-order valence-corrected chi connectivity index (χ2v) is 13.2. The number of nitrogens with zero attached hydrogens (tertiary/aromatic N) is 3. The highest BCUT2D eigenvalue weighted by atomic mass is 79.9. The summed E-state index contributed by atoms with van der Waals surface area (Å²) in [5.41, 5.74) is 6.55. The second-order valence-electron chi connectivity index (χ2n) is 12.3. The molecule has 11 heteroatoms. The second kappa shape index (κ2) is 16.7. The minimum absolute atomic E-state index is 0.0985. The molecule has 0 spiro atoms. The molecule has 3 unspecified atom stereocenters. The van der Waals surface area contributed by atoms with Crippen molar-refractivity contribution in [3.05, 3.63) is 51.4 Å². The molecular formula is C33H46BrF3N4O3. The van der Waals surface area contributed by atoms with E-state index in [1.54, 1.807) is 6.20 Å². The van der Waals surface area contributed by atoms with Crippen LogP contribution in [0, 0.1) is 24.7 Å². The number of amides is 1. The van der Waals surface area contributed by atoms with Crippen molar-refractivity contribution in [3.8, 4) is 5.88 Å². The molecule has 2 N–H and O–H groups in total. The van der Waals surface area contributed by atoms with Crippen LogP contribution in [0.1, 0.15) is 114 Å². The zero-order valence-electron chi connectivity index (χ0n) is 26.4. The van der Waals surface area contributed by atoms with Gasteiger partial charge in [0.1, 0.15) is 23.7 Å². The summed E-state index contributed by atoms with van der Waals surface area (Å²) < 4.78 is 51.8. The molecule has 7 nitrogen and oxygen atoms in total. The quantitative estimate of drug-likeness (QED) is 0.188. The molecule has 0 radical (unpaired) electrons. The van der Waals surface area contributed by atoms with Gasteiger partial charge in [0, 0.05) is 34.3 Å². The van der Waals surface area contributed by atoms with Gasteiger partial charge in [-0.15, -0.1) is 0 Å². The monoisotopic (exact) mass is 682 g/mol. The molecule has 244 valence electrons. The Kier molecular flexibility index (Phi) is 13.6. The van der Waals surface area contributed by atoms with Crippen molar-refractivity contribution in [3.63, 3.8) is 0 Å². The molecule has 3 heterocycles. The summed E-state index contributed by atoms with van der Waals surface area (Å²) in [6, 6.07) is 4.14. The van der Waals surface area contributed by atoms with E-state index < -0.39 is 18.0 Å². The van der Waals surface area contributed by atoms with Crippen LogP contribution in [0.5, 0.6) is 5.88 Å². The van der Waals surface area contributed by atoms with Gasteiger partial charge in [0.05, 0.1) is 5.69 Å². The van der Waals surface area contributed by atoms with Gasteiger partial charge in [0.2, 0.25) is 5.88 Å². The molecule has 3 atom stereocenters. The Labute approximate surface area is 267 Å². The lowest BCUT2D eigenvalue weighted by molar-refractivity contribution is -0.141. The summed E-state index contributed by atoms with van der Waals surface area (Å²) >= 11 is 3.38. The summed E-state index contributed by atoms with van der Waals surface area (Å²) in [7, 11) is 0. The van der Waals surface area contributed by atoms with Crippen molar-refractivity contribution in [1.82, 2.24) is 9.97 Å². The molecule has 1 aliphatic heterocycles. The molecule has 1 aliphatic carbocycles. The molecule has 1 saturated heterocycles. The normalized spacial score (nSPS) is 18.8. The van der Waals surface area contributed by atoms with E-state index in [4.69, 9.17) is 15.2 Å². The van der Waals surface area contributed by atoms with Crippen molar-refractivity contribution >= 4 is 27.7 Å². The summed E-state index contributed by atoms with van der Waals surface area (Å²) in [6.07, 6.45) is 5.31. The number of carbonyl (C=O) groups is 1. The fraction of sp³-hybridized carbons (Fsp3) is 0.636. The smallest absolute Gasteiger partial charge is 0.433 e. The van der Waals surface area contributed by atoms with Crippen LogP contribution in [0.4, 0.5) is 13.2 Å². The predicted molar refractivity (Wildman–Crippen MR) is 169 cm³/mol. The molecule has 1 amide bonds. The first kappa shape index (κ1) is 35.9. The maximum absolute atomic E-state index is 13.2. The number of alkyl halides is 3. The van der Waals surface area contributed by atoms with E-state index in [-0.39, 0.29) is 28.9 Å². The van der Waals surface area contributed by atoms with E-state index in [1.807, 2.05) is 26.8 Å². The van der Waals surface area contributed by atoms with Gasteiger partial charge in [-0.05, 0) is 104 Å². The lowest BCUT2D eigenvalue weighted by Crippen LogP contribution is -2.25. The molecular weight excluding hydrogens is 637 g/mol. The summed E-state index contributed by atoms with van der Waals surface area (Å²) in [6.45, 7) is 10.8. The Bertz CT molecular complexity index is 1260. The third-order valence-corrected chi connectivity index (χ3v) is 8.53. The van der Waals surface area contributed by atoms with Crippen LogP contribution in [-0.4, -0.2) is 34.4 Å². The number of hydrogen-bond acceptors (Lipinski definition) is 5. The highest BCUT2D eigenvalue weighted by Crippen LogP contribution is 2.34. The highest BCUT2D eigenvalue weighted by molar-refractivity contribution is 9.10. The number of hydrogen-bond donors (Lipinski definition) is 1. The third-order valence-electron chi connectivity index (χ3n) is 8.09. The summed E-state index contributed by atoms with van der Waals surface area (Å²) in [4.78, 5) is 25.1. The van der Waals surface area contributed by atoms with Crippen LogP contribution in [-0.2, 0) is 15.7 Å². The van der Waals surface area contributed by atoms with Crippen LogP contribution in [0.15, 0.2) is 33.9 Å². The largest absolute Gasteiger partial charge is 0.474 e. The molecule has 2 aromatic heterocycles. The first-order chi connectivity index (χ1) is 20.8. The maximum atomic E-state index is 13.2. The number of aliphatic imine (C=N–C) groups is 1. The van der Waals surface area contributed by atoms with Crippen LogP contribution in [0.2, 0.25) is 0 Å². The number of rotatable bonds is 11. The first-order valence-corrected chi connectivity index (χ1v) is 16.4. The number of pyridine rings is 2. The van der Waals surface area contributed by atoms with Crippen molar-refractivity contribution in [2.75, 3.05) is 6.61 Å². The van der Waals surface area contributed by atoms with Crippen LogP contribution in [0.25, 0.3) is 0 Å². The predicted octanol–water partition coefficient (Wildman–Crippen LogP) is 8.76. The van der Waals surface area contributed by atoms with Gasteiger partial charge in [-0.3, -0.25) is 4.79 Å². The molecule has 4 rings (SSSR count). The van der Waals surface area contributed by atoms with Gasteiger partial charge < -0.3 is 15.2 Å². The topological polar surface area (TPSA) is 99.7 Å². The number of nitrogens with two attached hydrogens (primary N) is 1. The van der Waals surface area contributed by atoms with Crippen LogP contribution < -0.4 is 10.5 Å². The van der Waals surface area contributed by atoms with Gasteiger partial charge in [-0.1, -0.05) is 34.1 Å². The summed E-state index contributed by atoms with van der Waals surface area (Å²) in [5, 5.41) is 0. The fourth-order valence-corrected chi connectivity index (χ4v) is 5.50. The van der Waals surface area contributed by atoms with E-state index >= 15 is 0 Å². The molecule has 2 fully saturated rings. The maximum Gasteiger partial charge on any atom is 0.433 e. The molecule has 44 heavy (non-hydrogen) atoms. The Morgan fingerprint density at radius 3 is 2.45 bits per heavy atom. The number of aryl methyl sites for hydroxylation is 1. The van der Waals surface area contributed by atoms with E-state index in [9.17, 15) is 18.0 Å². The number of ether oxygens (including phenoxy) is 2. The van der Waals surface area contributed by atoms with Gasteiger partial charge >= 0.3 is 6.18 Å². The average Bonchev–Trinajstić information content (AvgIpc) is 3.48. The van der Waals surface area contributed by atoms with E-state index in [2.05, 4.69) is 44.7 Å². The number of amidine groups is 1. The SMILES string of the molecule is CCC(C)CCC(CC(C)C)C(=O)N=C(N)c1ccc(C(F)(F)F)nc1C1CCCO1.Cc1cc(Br)cnc1OC1CCC1. The lowest BCUT2D eigenvalue weighted by atomic mass is 9.89. The van der Waals surface area contributed by atoms with Gasteiger partial charge in [-0.2, -0.15) is 18.2 Å². The van der Waals surface area contributed by atoms with Crippen molar-refractivity contribution < 1.29 is 27.4 Å². The first-order valence-electron chi connectivity index (χ1n) is 15.6. The molecule has 0 aromatic carbocycles. The van der Waals surface area contributed by atoms with E-state index in [0.717, 1.165) is 41.2 Å². The van der Waals surface area contributed by atoms with E-state index in [1.165, 1.54) is 25.3 Å². The average molecular weight is 684 g/mol. The van der Waals surface area contributed by atoms with Crippen LogP contribution in [0.3, 0.4) is 0 Å². The Morgan fingerprint density at radius 1 is 1.18 bits per heavy atom. The molecule has 2 aromatic rings. The lowest BCUT2D eigenvalue weighted by Gasteiger charge is -2.26. The summed E-state index contributed by atoms with van der Waals surface area (Å²) in [5.74, 6) is 0.919. The zero-order valence-corrected chi connectivity index (χ0v) is 28.0. The zero-order chi connectivity index (χ0) is 32.4. The molecule has 1 saturated carbocycles. The standard InChI is InChI=1S/C23H34F3N3O2.C10H12BrNO/c1-5-15(4)8-9-16(13-14(2)3)22(30)29-21(27)17-10-11-19(23(24,25)26)28-20(17)18-7-6-12-31-18;1-7-5-8(11)6-12-10(7)13-9-3-2-4-9/h10-11,14-16,18H,5-9,12-13H2,1-4H3,(H2,27,29,30);5-6,9H,2-4H2,1H3. The fourth-order valence-electron chi connectivity index (χ4n) is 5.06. The number of aromatic nitrogens is 2. The number of carbonyl (C=O) groups excluding carboxylic acids is 1.